The largest absolute Gasteiger partial charge is 0.256 e. The summed E-state index contributed by atoms with van der Waals surface area (Å²) in [6, 6.07) is 0. The smallest absolute Gasteiger partial charge is 0.223 e. The van der Waals surface area contributed by atoms with Gasteiger partial charge in [-0.05, 0) is 12.3 Å². The Labute approximate surface area is 64.5 Å². The maximum Gasteiger partial charge on any atom is 0.256 e. The lowest BCUT2D eigenvalue weighted by atomic mass is 9.91. The van der Waals surface area contributed by atoms with E-state index >= 15 is 0 Å². The van der Waals surface area contributed by atoms with Gasteiger partial charge in [-0.3, -0.25) is 0 Å². The van der Waals surface area contributed by atoms with Crippen molar-refractivity contribution in [3.05, 3.63) is 0 Å². The molecule has 0 saturated carbocycles. The molecule has 0 bridgehead atoms. The van der Waals surface area contributed by atoms with Crippen molar-refractivity contribution in [1.82, 2.24) is 0 Å². The fourth-order valence-corrected chi connectivity index (χ4v) is 1.30. The third kappa shape index (κ3) is 4.21. The van der Waals surface area contributed by atoms with E-state index in [-0.39, 0.29) is 11.5 Å². The number of hydrogen-bond acceptors (Lipinski definition) is 2. The summed E-state index contributed by atoms with van der Waals surface area (Å²) < 4.78 is 5.27. The zero-order valence-corrected chi connectivity index (χ0v) is 8.43. The van der Waals surface area contributed by atoms with Crippen LogP contribution in [0.5, 0.6) is 0 Å². The van der Waals surface area contributed by atoms with E-state index in [4.69, 9.17) is 9.42 Å². The van der Waals surface area contributed by atoms with E-state index in [0.717, 1.165) is 0 Å². The minimum atomic E-state index is -1.52. The fourth-order valence-electron chi connectivity index (χ4n) is 0.433. The molecule has 1 unspecified atom stereocenters. The van der Waals surface area contributed by atoms with E-state index in [9.17, 15) is 0 Å². The van der Waals surface area contributed by atoms with Crippen molar-refractivity contribution in [2.24, 2.45) is 5.41 Å². The first kappa shape index (κ1) is 10.3. The molecule has 0 aliphatic carbocycles. The van der Waals surface area contributed by atoms with E-state index in [1.807, 2.05) is 6.92 Å². The van der Waals surface area contributed by atoms with Crippen molar-refractivity contribution < 1.29 is 9.42 Å². The summed E-state index contributed by atoms with van der Waals surface area (Å²) in [5.41, 5.74) is 0.134. The van der Waals surface area contributed by atoms with Crippen LogP contribution >= 0.6 is 8.38 Å². The van der Waals surface area contributed by atoms with Crippen LogP contribution in [0, 0.1) is 5.41 Å². The van der Waals surface area contributed by atoms with E-state index in [0.29, 0.717) is 0 Å². The molecule has 0 saturated heterocycles. The summed E-state index contributed by atoms with van der Waals surface area (Å²) in [7, 11) is -1.52. The zero-order chi connectivity index (χ0) is 8.36. The molecule has 10 heavy (non-hydrogen) atoms. The first-order valence-electron chi connectivity index (χ1n) is 3.53. The summed E-state index contributed by atoms with van der Waals surface area (Å²) in [5.74, 6) is 0. The van der Waals surface area contributed by atoms with Gasteiger partial charge in [-0.1, -0.05) is 20.8 Å². The van der Waals surface area contributed by atoms with Crippen LogP contribution in [0.4, 0.5) is 0 Å². The van der Waals surface area contributed by atoms with Gasteiger partial charge in [-0.2, -0.15) is 0 Å². The number of hydrogen-bond donors (Lipinski definition) is 1. The molecule has 1 N–H and O–H groups in total. The van der Waals surface area contributed by atoms with Crippen LogP contribution in [0.25, 0.3) is 0 Å². The highest BCUT2D eigenvalue weighted by Crippen LogP contribution is 2.34. The van der Waals surface area contributed by atoms with Crippen molar-refractivity contribution in [1.29, 1.82) is 0 Å². The standard InChI is InChI=1S/C7H17O2P/c1-6(7(2,3)4)9-10(5)8/h6,8H,1-5H3/p+1/t6-,10?/m0/s1. The lowest BCUT2D eigenvalue weighted by molar-refractivity contribution is 0.106. The van der Waals surface area contributed by atoms with Gasteiger partial charge in [0.15, 0.2) is 0 Å². The second-order valence-corrected chi connectivity index (χ2v) is 4.92. The third-order valence-corrected chi connectivity index (χ3v) is 2.26. The molecule has 0 rings (SSSR count). The first-order valence-corrected chi connectivity index (χ1v) is 5.38. The van der Waals surface area contributed by atoms with E-state index in [2.05, 4.69) is 20.8 Å². The van der Waals surface area contributed by atoms with Crippen molar-refractivity contribution >= 4 is 8.38 Å². The second kappa shape index (κ2) is 3.66. The van der Waals surface area contributed by atoms with Crippen LogP contribution in [0.1, 0.15) is 27.7 Å². The van der Waals surface area contributed by atoms with Crippen LogP contribution in [-0.4, -0.2) is 17.7 Å². The van der Waals surface area contributed by atoms with Gasteiger partial charge < -0.3 is 0 Å². The third-order valence-electron chi connectivity index (χ3n) is 1.57. The predicted octanol–water partition coefficient (Wildman–Crippen LogP) is 2.10. The minimum absolute atomic E-state index is 0.134. The predicted molar refractivity (Wildman–Crippen MR) is 46.5 cm³/mol. The van der Waals surface area contributed by atoms with Crippen LogP contribution < -0.4 is 0 Å². The molecule has 0 heterocycles. The van der Waals surface area contributed by atoms with Gasteiger partial charge in [-0.15, -0.1) is 0 Å². The Kier molecular flexibility index (Phi) is 3.79. The molecular formula is C7H18O2P+. The summed E-state index contributed by atoms with van der Waals surface area (Å²) >= 11 is 0. The van der Waals surface area contributed by atoms with Crippen molar-refractivity contribution in [2.45, 2.75) is 33.8 Å². The van der Waals surface area contributed by atoms with Gasteiger partial charge in [0.2, 0.25) is 0 Å². The summed E-state index contributed by atoms with van der Waals surface area (Å²) in [4.78, 5) is 8.97. The van der Waals surface area contributed by atoms with Gasteiger partial charge in [0.1, 0.15) is 6.10 Å². The molecule has 0 radical (unpaired) electrons. The molecule has 62 valence electrons. The average Bonchev–Trinajstić information content (AvgIpc) is 1.60. The Bertz CT molecular complexity index is 96.3. The summed E-state index contributed by atoms with van der Waals surface area (Å²) in [5, 5.41) is 0. The van der Waals surface area contributed by atoms with Crippen LogP contribution in [0.3, 0.4) is 0 Å². The Morgan fingerprint density at radius 3 is 1.90 bits per heavy atom. The second-order valence-electron chi connectivity index (χ2n) is 3.65. The van der Waals surface area contributed by atoms with Gasteiger partial charge in [0.05, 0.1) is 6.66 Å². The molecular weight excluding hydrogens is 147 g/mol. The van der Waals surface area contributed by atoms with Crippen LogP contribution in [-0.2, 0) is 4.52 Å². The van der Waals surface area contributed by atoms with Crippen molar-refractivity contribution in [2.75, 3.05) is 6.66 Å². The topological polar surface area (TPSA) is 29.5 Å². The van der Waals surface area contributed by atoms with Gasteiger partial charge in [-0.25, -0.2) is 9.42 Å². The Balaban J connectivity index is 3.73. The highest BCUT2D eigenvalue weighted by molar-refractivity contribution is 7.45. The first-order chi connectivity index (χ1) is 4.34. The van der Waals surface area contributed by atoms with Gasteiger partial charge in [0.25, 0.3) is 8.38 Å². The maximum atomic E-state index is 8.97. The van der Waals surface area contributed by atoms with Crippen LogP contribution in [0.2, 0.25) is 0 Å². The Morgan fingerprint density at radius 1 is 1.40 bits per heavy atom. The lowest BCUT2D eigenvalue weighted by Gasteiger charge is -2.24. The van der Waals surface area contributed by atoms with Crippen molar-refractivity contribution in [3.63, 3.8) is 0 Å². The highest BCUT2D eigenvalue weighted by Gasteiger charge is 2.25. The van der Waals surface area contributed by atoms with E-state index < -0.39 is 8.38 Å². The molecule has 0 aromatic heterocycles. The highest BCUT2D eigenvalue weighted by atomic mass is 31.2. The van der Waals surface area contributed by atoms with E-state index in [1.54, 1.807) is 6.66 Å². The normalized spacial score (nSPS) is 18.6. The molecule has 3 heteroatoms. The molecule has 0 aliphatic heterocycles. The molecule has 0 aromatic carbocycles. The van der Waals surface area contributed by atoms with E-state index in [1.165, 1.54) is 0 Å². The SMILES string of the molecule is C[C@H](O[PH+](C)O)C(C)(C)C. The fraction of sp³-hybridized carbons (Fsp3) is 1.00. The Morgan fingerprint density at radius 2 is 1.80 bits per heavy atom. The molecule has 0 amide bonds. The molecule has 2 nitrogen and oxygen atoms in total. The monoisotopic (exact) mass is 165 g/mol. The van der Waals surface area contributed by atoms with Gasteiger partial charge in [0, 0.05) is 0 Å². The minimum Gasteiger partial charge on any atom is -0.223 e. The quantitative estimate of drug-likeness (QED) is 0.635. The molecule has 0 aliphatic rings. The Hall–Kier alpha value is 0.350. The molecule has 0 aromatic rings. The molecule has 0 fully saturated rings. The molecule has 2 atom stereocenters. The van der Waals surface area contributed by atoms with Crippen LogP contribution in [0.15, 0.2) is 0 Å². The summed E-state index contributed by atoms with van der Waals surface area (Å²) in [6.07, 6.45) is 0.136. The number of rotatable bonds is 2. The maximum absolute atomic E-state index is 8.97. The molecule has 0 spiro atoms. The zero-order valence-electron chi connectivity index (χ0n) is 7.43. The summed E-state index contributed by atoms with van der Waals surface area (Å²) in [6.45, 7) is 10.0. The van der Waals surface area contributed by atoms with Crippen molar-refractivity contribution in [3.8, 4) is 0 Å². The van der Waals surface area contributed by atoms with Gasteiger partial charge >= 0.3 is 0 Å². The lowest BCUT2D eigenvalue weighted by Crippen LogP contribution is -2.24. The average molecular weight is 165 g/mol.